The lowest BCUT2D eigenvalue weighted by Gasteiger charge is -2.38. The van der Waals surface area contributed by atoms with Crippen molar-refractivity contribution >= 4 is 22.8 Å². The molecule has 0 aliphatic heterocycles. The lowest BCUT2D eigenvalue weighted by Crippen LogP contribution is -2.55. The van der Waals surface area contributed by atoms with Gasteiger partial charge in [-0.3, -0.25) is 4.79 Å². The second-order valence-corrected chi connectivity index (χ2v) is 9.79. The van der Waals surface area contributed by atoms with Crippen LogP contribution in [0.5, 0.6) is 5.75 Å². The fraction of sp³-hybridized carbons (Fsp3) is 0.176. The summed E-state index contributed by atoms with van der Waals surface area (Å²) in [7, 11) is 2.92. The van der Waals surface area contributed by atoms with Crippen molar-refractivity contribution < 1.29 is 19.1 Å². The van der Waals surface area contributed by atoms with Gasteiger partial charge in [0.15, 0.2) is 5.54 Å². The Kier molecular flexibility index (Phi) is 7.69. The minimum Gasteiger partial charge on any atom is -0.497 e. The fourth-order valence-corrected chi connectivity index (χ4v) is 5.40. The van der Waals surface area contributed by atoms with Crippen LogP contribution >= 0.6 is 0 Å². The standard InChI is InChI=1S/C34H32N2O4/c1-24(30-23-36(22-25-12-6-4-7-13-25)31-17-11-10-16-29(30)31)34(33(38)40-3,27-14-8-5-9-15-27)35-32(37)26-18-20-28(39-2)21-19-26/h4-21,23-24H,22H2,1-3H3,(H,35,37)/t24-,34-/m1/s1. The zero-order chi connectivity index (χ0) is 28.1. The van der Waals surface area contributed by atoms with Crippen molar-refractivity contribution in [1.29, 1.82) is 0 Å². The molecular formula is C34H32N2O4. The highest BCUT2D eigenvalue weighted by atomic mass is 16.5. The number of carbonyl (C=O) groups is 2. The van der Waals surface area contributed by atoms with Crippen molar-refractivity contribution in [1.82, 2.24) is 9.88 Å². The van der Waals surface area contributed by atoms with Crippen molar-refractivity contribution in [2.75, 3.05) is 14.2 Å². The van der Waals surface area contributed by atoms with E-state index in [1.807, 2.05) is 67.6 Å². The molecule has 0 aliphatic carbocycles. The number of hydrogen-bond acceptors (Lipinski definition) is 4. The molecule has 0 aliphatic rings. The number of nitrogens with zero attached hydrogens (tertiary/aromatic N) is 1. The maximum absolute atomic E-state index is 13.9. The van der Waals surface area contributed by atoms with Gasteiger partial charge in [0.1, 0.15) is 5.75 Å². The highest BCUT2D eigenvalue weighted by Crippen LogP contribution is 2.42. The Labute approximate surface area is 234 Å². The second kappa shape index (κ2) is 11.5. The maximum atomic E-state index is 13.9. The number of aromatic nitrogens is 1. The molecule has 0 spiro atoms. The van der Waals surface area contributed by atoms with Crippen molar-refractivity contribution in [3.05, 3.63) is 138 Å². The van der Waals surface area contributed by atoms with Gasteiger partial charge >= 0.3 is 5.97 Å². The predicted octanol–water partition coefficient (Wildman–Crippen LogP) is 6.30. The fourth-order valence-electron chi connectivity index (χ4n) is 5.40. The molecule has 0 radical (unpaired) electrons. The maximum Gasteiger partial charge on any atom is 0.336 e. The van der Waals surface area contributed by atoms with Crippen LogP contribution in [0, 0.1) is 0 Å². The monoisotopic (exact) mass is 532 g/mol. The molecule has 0 saturated heterocycles. The first-order valence-electron chi connectivity index (χ1n) is 13.2. The number of esters is 1. The summed E-state index contributed by atoms with van der Waals surface area (Å²) in [6, 6.07) is 34.5. The quantitative estimate of drug-likeness (QED) is 0.226. The minimum atomic E-state index is -1.51. The molecule has 5 aromatic rings. The molecule has 4 aromatic carbocycles. The predicted molar refractivity (Wildman–Crippen MR) is 156 cm³/mol. The molecule has 5 rings (SSSR count). The molecule has 1 aromatic heterocycles. The summed E-state index contributed by atoms with van der Waals surface area (Å²) >= 11 is 0. The number of hydrogen-bond donors (Lipinski definition) is 1. The summed E-state index contributed by atoms with van der Waals surface area (Å²) in [6.07, 6.45) is 2.09. The third-order valence-electron chi connectivity index (χ3n) is 7.53. The molecule has 6 heteroatoms. The van der Waals surface area contributed by atoms with Crippen molar-refractivity contribution in [2.24, 2.45) is 0 Å². The van der Waals surface area contributed by atoms with E-state index in [0.29, 0.717) is 23.4 Å². The highest BCUT2D eigenvalue weighted by Gasteiger charge is 2.49. The average Bonchev–Trinajstić information content (AvgIpc) is 3.38. The van der Waals surface area contributed by atoms with Gasteiger partial charge in [-0.2, -0.15) is 0 Å². The molecule has 202 valence electrons. The summed E-state index contributed by atoms with van der Waals surface area (Å²) in [6.45, 7) is 2.63. The molecule has 1 N–H and O–H groups in total. The van der Waals surface area contributed by atoms with Crippen LogP contribution in [0.25, 0.3) is 10.9 Å². The zero-order valence-electron chi connectivity index (χ0n) is 22.8. The summed E-state index contributed by atoms with van der Waals surface area (Å²) in [5.41, 5.74) is 2.67. The number of nitrogens with one attached hydrogen (secondary N) is 1. The van der Waals surface area contributed by atoms with E-state index in [9.17, 15) is 9.59 Å². The molecule has 2 atom stereocenters. The van der Waals surface area contributed by atoms with E-state index >= 15 is 0 Å². The van der Waals surface area contributed by atoms with Crippen LogP contribution in [0.2, 0.25) is 0 Å². The van der Waals surface area contributed by atoms with E-state index in [1.165, 1.54) is 7.11 Å². The van der Waals surface area contributed by atoms with Gasteiger partial charge in [0.05, 0.1) is 14.2 Å². The van der Waals surface area contributed by atoms with Gasteiger partial charge in [-0.25, -0.2) is 4.79 Å². The molecule has 40 heavy (non-hydrogen) atoms. The van der Waals surface area contributed by atoms with Crippen molar-refractivity contribution in [3.8, 4) is 5.75 Å². The van der Waals surface area contributed by atoms with Gasteiger partial charge in [-0.05, 0) is 47.0 Å². The van der Waals surface area contributed by atoms with Gasteiger partial charge < -0.3 is 19.4 Å². The van der Waals surface area contributed by atoms with Gasteiger partial charge in [0, 0.05) is 35.1 Å². The Balaban J connectivity index is 1.66. The van der Waals surface area contributed by atoms with Crippen LogP contribution in [0.15, 0.2) is 115 Å². The third kappa shape index (κ3) is 4.96. The molecule has 1 heterocycles. The molecule has 6 nitrogen and oxygen atoms in total. The van der Waals surface area contributed by atoms with E-state index < -0.39 is 23.3 Å². The largest absolute Gasteiger partial charge is 0.497 e. The Morgan fingerprint density at radius 1 is 0.825 bits per heavy atom. The SMILES string of the molecule is COC(=O)[C@](NC(=O)c1ccc(OC)cc1)(c1ccccc1)[C@H](C)c1cn(Cc2ccccc2)c2ccccc12. The van der Waals surface area contributed by atoms with E-state index in [0.717, 1.165) is 22.0 Å². The first kappa shape index (κ1) is 26.8. The van der Waals surface area contributed by atoms with E-state index in [1.54, 1.807) is 31.4 Å². The van der Waals surface area contributed by atoms with Crippen molar-refractivity contribution in [2.45, 2.75) is 24.9 Å². The molecule has 0 unspecified atom stereocenters. The van der Waals surface area contributed by atoms with Gasteiger partial charge in [0.25, 0.3) is 5.91 Å². The second-order valence-electron chi connectivity index (χ2n) is 9.79. The molecule has 0 saturated carbocycles. The molecule has 0 bridgehead atoms. The van der Waals surface area contributed by atoms with Crippen LogP contribution in [-0.2, 0) is 21.6 Å². The summed E-state index contributed by atoms with van der Waals surface area (Å²) in [5.74, 6) is -0.797. The van der Waals surface area contributed by atoms with Crippen LogP contribution in [0.4, 0.5) is 0 Å². The van der Waals surface area contributed by atoms with Crippen LogP contribution < -0.4 is 10.1 Å². The highest BCUT2D eigenvalue weighted by molar-refractivity contribution is 5.99. The lowest BCUT2D eigenvalue weighted by molar-refractivity contribution is -0.149. The smallest absolute Gasteiger partial charge is 0.336 e. The Morgan fingerprint density at radius 3 is 2.10 bits per heavy atom. The first-order chi connectivity index (χ1) is 19.5. The number of amides is 1. The average molecular weight is 533 g/mol. The van der Waals surface area contributed by atoms with Crippen molar-refractivity contribution in [3.63, 3.8) is 0 Å². The lowest BCUT2D eigenvalue weighted by atomic mass is 9.75. The molecule has 1 amide bonds. The number of fused-ring (bicyclic) bond motifs is 1. The van der Waals surface area contributed by atoms with E-state index in [-0.39, 0.29) is 0 Å². The number of ether oxygens (including phenoxy) is 2. The Bertz CT molecular complexity index is 1610. The summed E-state index contributed by atoms with van der Waals surface area (Å²) in [4.78, 5) is 27.6. The zero-order valence-corrected chi connectivity index (χ0v) is 22.8. The van der Waals surface area contributed by atoms with Gasteiger partial charge in [-0.15, -0.1) is 0 Å². The van der Waals surface area contributed by atoms with Gasteiger partial charge in [-0.1, -0.05) is 85.8 Å². The molecular weight excluding hydrogens is 500 g/mol. The number of carbonyl (C=O) groups excluding carboxylic acids is 2. The summed E-state index contributed by atoms with van der Waals surface area (Å²) < 4.78 is 12.9. The molecule has 0 fully saturated rings. The summed E-state index contributed by atoms with van der Waals surface area (Å²) in [5, 5.41) is 4.12. The minimum absolute atomic E-state index is 0.392. The normalized spacial score (nSPS) is 13.3. The topological polar surface area (TPSA) is 69.6 Å². The Morgan fingerprint density at radius 2 is 1.45 bits per heavy atom. The first-order valence-corrected chi connectivity index (χ1v) is 13.2. The van der Waals surface area contributed by atoms with E-state index in [4.69, 9.17) is 9.47 Å². The van der Waals surface area contributed by atoms with Crippen LogP contribution in [0.3, 0.4) is 0 Å². The van der Waals surface area contributed by atoms with Gasteiger partial charge in [0.2, 0.25) is 0 Å². The van der Waals surface area contributed by atoms with Crippen LogP contribution in [0.1, 0.15) is 39.9 Å². The number of methoxy groups -OCH3 is 2. The number of rotatable bonds is 9. The van der Waals surface area contributed by atoms with E-state index in [2.05, 4.69) is 40.3 Å². The Hall–Kier alpha value is -4.84. The number of para-hydroxylation sites is 1. The van der Waals surface area contributed by atoms with Crippen LogP contribution in [-0.4, -0.2) is 30.7 Å². The number of benzene rings is 4. The third-order valence-corrected chi connectivity index (χ3v) is 7.53.